The summed E-state index contributed by atoms with van der Waals surface area (Å²) in [6.07, 6.45) is 6.70. The first-order chi connectivity index (χ1) is 12.1. The van der Waals surface area contributed by atoms with Gasteiger partial charge in [-0.2, -0.15) is 4.99 Å². The van der Waals surface area contributed by atoms with Gasteiger partial charge in [-0.3, -0.25) is 19.3 Å². The van der Waals surface area contributed by atoms with Crippen LogP contribution >= 0.6 is 0 Å². The predicted octanol–water partition coefficient (Wildman–Crippen LogP) is 1.38. The van der Waals surface area contributed by atoms with Crippen molar-refractivity contribution in [3.05, 3.63) is 60.7 Å². The van der Waals surface area contributed by atoms with Crippen LogP contribution in [0.3, 0.4) is 0 Å². The average Bonchev–Trinajstić information content (AvgIpc) is 3.00. The summed E-state index contributed by atoms with van der Waals surface area (Å²) in [5.41, 5.74) is 13.8. The minimum absolute atomic E-state index is 0.286. The van der Waals surface area contributed by atoms with E-state index in [1.807, 2.05) is 18.2 Å². The van der Waals surface area contributed by atoms with Crippen molar-refractivity contribution < 1.29 is 4.79 Å². The van der Waals surface area contributed by atoms with Gasteiger partial charge in [0.1, 0.15) is 11.2 Å². The highest BCUT2D eigenvalue weighted by Gasteiger charge is 2.18. The molecule has 0 unspecified atom stereocenters. The molecule has 0 aliphatic carbocycles. The summed E-state index contributed by atoms with van der Waals surface area (Å²) in [6, 6.07) is 9.06. The summed E-state index contributed by atoms with van der Waals surface area (Å²) in [4.78, 5) is 29.1. The highest BCUT2D eigenvalue weighted by molar-refractivity contribution is 6.10. The van der Waals surface area contributed by atoms with Crippen molar-refractivity contribution in [3.63, 3.8) is 0 Å². The first kappa shape index (κ1) is 14.8. The Balaban J connectivity index is 2.03. The number of carbonyl (C=O) groups is 1. The molecule has 0 bridgehead atoms. The van der Waals surface area contributed by atoms with Crippen molar-refractivity contribution in [2.24, 2.45) is 16.5 Å². The molecule has 8 nitrogen and oxygen atoms in total. The van der Waals surface area contributed by atoms with Crippen molar-refractivity contribution in [2.45, 2.75) is 0 Å². The van der Waals surface area contributed by atoms with Crippen LogP contribution in [0, 0.1) is 0 Å². The Morgan fingerprint density at radius 3 is 2.64 bits per heavy atom. The molecule has 0 aliphatic heterocycles. The van der Waals surface area contributed by atoms with Gasteiger partial charge in [0.25, 0.3) is 5.91 Å². The number of nitrogens with zero attached hydrogens (tertiary/aromatic N) is 5. The second kappa shape index (κ2) is 5.68. The molecule has 0 saturated heterocycles. The van der Waals surface area contributed by atoms with Crippen LogP contribution in [-0.4, -0.2) is 31.4 Å². The van der Waals surface area contributed by atoms with Crippen molar-refractivity contribution in [1.29, 1.82) is 0 Å². The quantitative estimate of drug-likeness (QED) is 0.422. The SMILES string of the molecule is NC(N)=NC(=O)c1cn(-c2ccnc3cccnc23)c2ncccc12. The van der Waals surface area contributed by atoms with Crippen LogP contribution in [0.1, 0.15) is 10.4 Å². The van der Waals surface area contributed by atoms with E-state index in [-0.39, 0.29) is 5.96 Å². The van der Waals surface area contributed by atoms with E-state index in [2.05, 4.69) is 19.9 Å². The van der Waals surface area contributed by atoms with Gasteiger partial charge in [0, 0.05) is 30.2 Å². The highest BCUT2D eigenvalue weighted by Crippen LogP contribution is 2.26. The fourth-order valence-corrected chi connectivity index (χ4v) is 2.75. The van der Waals surface area contributed by atoms with Crippen LogP contribution in [0.25, 0.3) is 27.8 Å². The third kappa shape index (κ3) is 2.45. The number of hydrogen-bond donors (Lipinski definition) is 2. The van der Waals surface area contributed by atoms with Crippen LogP contribution in [0.4, 0.5) is 0 Å². The Morgan fingerprint density at radius 1 is 1.00 bits per heavy atom. The first-order valence-electron chi connectivity index (χ1n) is 7.45. The minimum Gasteiger partial charge on any atom is -0.370 e. The van der Waals surface area contributed by atoms with Crippen molar-refractivity contribution in [3.8, 4) is 5.69 Å². The van der Waals surface area contributed by atoms with Crippen LogP contribution in [0.15, 0.2) is 60.1 Å². The lowest BCUT2D eigenvalue weighted by atomic mass is 10.2. The number of fused-ring (bicyclic) bond motifs is 2. The van der Waals surface area contributed by atoms with E-state index in [1.165, 1.54) is 0 Å². The lowest BCUT2D eigenvalue weighted by Gasteiger charge is -2.07. The van der Waals surface area contributed by atoms with Gasteiger partial charge in [0.2, 0.25) is 0 Å². The molecule has 25 heavy (non-hydrogen) atoms. The molecule has 4 N–H and O–H groups in total. The number of guanidine groups is 1. The zero-order valence-corrected chi connectivity index (χ0v) is 13.0. The molecular formula is C17H13N7O. The number of aromatic nitrogens is 4. The van der Waals surface area contributed by atoms with Crippen LogP contribution in [0.2, 0.25) is 0 Å². The van der Waals surface area contributed by atoms with Gasteiger partial charge in [0.05, 0.1) is 16.8 Å². The summed E-state index contributed by atoms with van der Waals surface area (Å²) >= 11 is 0. The van der Waals surface area contributed by atoms with Gasteiger partial charge in [0.15, 0.2) is 5.96 Å². The lowest BCUT2D eigenvalue weighted by Crippen LogP contribution is -2.24. The molecule has 122 valence electrons. The second-order valence-electron chi connectivity index (χ2n) is 5.33. The van der Waals surface area contributed by atoms with E-state index < -0.39 is 5.91 Å². The van der Waals surface area contributed by atoms with Crippen molar-refractivity contribution >= 4 is 33.9 Å². The molecule has 1 amide bonds. The van der Waals surface area contributed by atoms with E-state index >= 15 is 0 Å². The lowest BCUT2D eigenvalue weighted by molar-refractivity contribution is 0.100. The topological polar surface area (TPSA) is 125 Å². The van der Waals surface area contributed by atoms with Gasteiger partial charge < -0.3 is 11.5 Å². The fraction of sp³-hybridized carbons (Fsp3) is 0. The highest BCUT2D eigenvalue weighted by atomic mass is 16.1. The number of rotatable bonds is 2. The third-order valence-corrected chi connectivity index (χ3v) is 3.76. The van der Waals surface area contributed by atoms with Gasteiger partial charge in [-0.15, -0.1) is 0 Å². The largest absolute Gasteiger partial charge is 0.370 e. The Hall–Kier alpha value is -3.81. The molecule has 0 radical (unpaired) electrons. The number of carbonyl (C=O) groups excluding carboxylic acids is 1. The van der Waals surface area contributed by atoms with Crippen molar-refractivity contribution in [2.75, 3.05) is 0 Å². The molecule has 8 heteroatoms. The second-order valence-corrected chi connectivity index (χ2v) is 5.33. The molecule has 0 fully saturated rings. The molecule has 0 saturated carbocycles. The summed E-state index contributed by atoms with van der Waals surface area (Å²) in [5, 5.41) is 0.651. The van der Waals surface area contributed by atoms with E-state index in [1.54, 1.807) is 41.5 Å². The normalized spacial score (nSPS) is 10.9. The molecule has 0 aliphatic rings. The van der Waals surface area contributed by atoms with Gasteiger partial charge in [-0.1, -0.05) is 0 Å². The molecule has 4 rings (SSSR count). The van der Waals surface area contributed by atoms with E-state index in [4.69, 9.17) is 11.5 Å². The fourth-order valence-electron chi connectivity index (χ4n) is 2.75. The van der Waals surface area contributed by atoms with Gasteiger partial charge >= 0.3 is 0 Å². The van der Waals surface area contributed by atoms with Gasteiger partial charge in [-0.25, -0.2) is 4.98 Å². The number of hydrogen-bond acceptors (Lipinski definition) is 4. The maximum absolute atomic E-state index is 12.4. The molecule has 4 aromatic heterocycles. The molecule has 0 atom stereocenters. The maximum Gasteiger partial charge on any atom is 0.282 e. The van der Waals surface area contributed by atoms with Crippen LogP contribution in [0.5, 0.6) is 0 Å². The number of pyridine rings is 3. The number of nitrogens with two attached hydrogens (primary N) is 2. The molecule has 0 spiro atoms. The first-order valence-corrected chi connectivity index (χ1v) is 7.45. The maximum atomic E-state index is 12.4. The summed E-state index contributed by atoms with van der Waals surface area (Å²) in [6.45, 7) is 0. The molecule has 4 aromatic rings. The van der Waals surface area contributed by atoms with E-state index in [0.29, 0.717) is 22.1 Å². The van der Waals surface area contributed by atoms with E-state index in [9.17, 15) is 4.79 Å². The van der Waals surface area contributed by atoms with Crippen LogP contribution < -0.4 is 11.5 Å². The molecule has 0 aromatic carbocycles. The molecular weight excluding hydrogens is 318 g/mol. The van der Waals surface area contributed by atoms with E-state index in [0.717, 1.165) is 11.2 Å². The summed E-state index contributed by atoms with van der Waals surface area (Å²) < 4.78 is 1.79. The summed E-state index contributed by atoms with van der Waals surface area (Å²) in [5.74, 6) is -0.811. The zero-order valence-electron chi connectivity index (χ0n) is 13.0. The Morgan fingerprint density at radius 2 is 1.80 bits per heavy atom. The standard InChI is InChI=1S/C17H13N7O/c18-17(19)23-16(25)11-9-24(15-10(11)3-1-7-22-15)13-5-8-20-12-4-2-6-21-14(12)13/h1-9H,(H4,18,19,23,25). The minimum atomic E-state index is -0.525. The summed E-state index contributed by atoms with van der Waals surface area (Å²) in [7, 11) is 0. The number of amides is 1. The Kier molecular flexibility index (Phi) is 3.35. The van der Waals surface area contributed by atoms with Crippen LogP contribution in [-0.2, 0) is 0 Å². The predicted molar refractivity (Wildman–Crippen MR) is 94.3 cm³/mol. The molecule has 4 heterocycles. The Labute approximate surface area is 141 Å². The monoisotopic (exact) mass is 331 g/mol. The zero-order chi connectivity index (χ0) is 17.4. The third-order valence-electron chi connectivity index (χ3n) is 3.76. The number of aliphatic imine (C=N–C) groups is 1. The van der Waals surface area contributed by atoms with Gasteiger partial charge in [-0.05, 0) is 30.3 Å². The smallest absolute Gasteiger partial charge is 0.282 e. The average molecular weight is 331 g/mol. The van der Waals surface area contributed by atoms with Crippen molar-refractivity contribution in [1.82, 2.24) is 19.5 Å². The Bertz CT molecular complexity index is 1140.